The highest BCUT2D eigenvalue weighted by Crippen LogP contribution is 2.24. The number of azo groups is 1. The molecule has 0 aliphatic carbocycles. The largest absolute Gasteiger partial charge is 0.184 e. The fourth-order valence-electron chi connectivity index (χ4n) is 1.19. The summed E-state index contributed by atoms with van der Waals surface area (Å²) in [4.78, 5) is -0.570. The SMILES string of the molecule is CCC(C)(Cl)/N=N/C(C)c1ccc(C)cc1. The zero-order valence-electron chi connectivity index (χ0n) is 10.4. The monoisotopic (exact) mass is 238 g/mol. The molecule has 0 aromatic heterocycles. The molecule has 1 aromatic rings. The zero-order valence-corrected chi connectivity index (χ0v) is 11.1. The van der Waals surface area contributed by atoms with Gasteiger partial charge in [0.25, 0.3) is 0 Å². The van der Waals surface area contributed by atoms with Crippen LogP contribution >= 0.6 is 11.6 Å². The van der Waals surface area contributed by atoms with Crippen LogP contribution in [0.3, 0.4) is 0 Å². The van der Waals surface area contributed by atoms with E-state index < -0.39 is 5.00 Å². The van der Waals surface area contributed by atoms with E-state index in [0.717, 1.165) is 12.0 Å². The van der Waals surface area contributed by atoms with Crippen LogP contribution in [0.25, 0.3) is 0 Å². The molecule has 0 amide bonds. The van der Waals surface area contributed by atoms with Crippen LogP contribution in [-0.4, -0.2) is 5.00 Å². The van der Waals surface area contributed by atoms with Crippen LogP contribution in [0.1, 0.15) is 44.4 Å². The zero-order chi connectivity index (χ0) is 12.2. The van der Waals surface area contributed by atoms with E-state index in [1.54, 1.807) is 0 Å². The van der Waals surface area contributed by atoms with Crippen molar-refractivity contribution in [2.75, 3.05) is 0 Å². The molecule has 3 heteroatoms. The number of benzene rings is 1. The third-order valence-electron chi connectivity index (χ3n) is 2.64. The second kappa shape index (κ2) is 5.44. The molecule has 0 radical (unpaired) electrons. The molecule has 0 spiro atoms. The van der Waals surface area contributed by atoms with Gasteiger partial charge in [-0.3, -0.25) is 0 Å². The molecule has 0 heterocycles. The van der Waals surface area contributed by atoms with E-state index in [4.69, 9.17) is 11.6 Å². The molecular weight excluding hydrogens is 220 g/mol. The molecule has 0 aliphatic rings. The van der Waals surface area contributed by atoms with Crippen molar-refractivity contribution in [1.29, 1.82) is 0 Å². The van der Waals surface area contributed by atoms with Gasteiger partial charge in [-0.25, -0.2) is 0 Å². The highest BCUT2D eigenvalue weighted by atomic mass is 35.5. The number of alkyl halides is 1. The van der Waals surface area contributed by atoms with E-state index in [1.165, 1.54) is 5.56 Å². The Morgan fingerprint density at radius 2 is 1.88 bits per heavy atom. The Hall–Kier alpha value is -0.890. The van der Waals surface area contributed by atoms with Crippen LogP contribution in [-0.2, 0) is 0 Å². The average molecular weight is 239 g/mol. The van der Waals surface area contributed by atoms with E-state index in [-0.39, 0.29) is 6.04 Å². The summed E-state index contributed by atoms with van der Waals surface area (Å²) in [7, 11) is 0. The van der Waals surface area contributed by atoms with E-state index in [0.29, 0.717) is 0 Å². The maximum atomic E-state index is 6.12. The van der Waals surface area contributed by atoms with Crippen molar-refractivity contribution < 1.29 is 0 Å². The highest BCUT2D eigenvalue weighted by Gasteiger charge is 2.16. The number of aryl methyl sites for hydroxylation is 1. The number of nitrogens with zero attached hydrogens (tertiary/aromatic N) is 2. The Morgan fingerprint density at radius 3 is 2.38 bits per heavy atom. The topological polar surface area (TPSA) is 24.7 Å². The van der Waals surface area contributed by atoms with Crippen molar-refractivity contribution in [3.63, 3.8) is 0 Å². The van der Waals surface area contributed by atoms with Crippen molar-refractivity contribution >= 4 is 11.6 Å². The van der Waals surface area contributed by atoms with E-state index in [2.05, 4.69) is 41.4 Å². The second-order valence-electron chi connectivity index (χ2n) is 4.30. The minimum Gasteiger partial charge on any atom is -0.184 e. The Bertz CT molecular complexity index is 355. The van der Waals surface area contributed by atoms with Crippen molar-refractivity contribution in [1.82, 2.24) is 0 Å². The van der Waals surface area contributed by atoms with Gasteiger partial charge in [-0.1, -0.05) is 48.4 Å². The van der Waals surface area contributed by atoms with Crippen molar-refractivity contribution in [2.45, 2.75) is 45.2 Å². The summed E-state index contributed by atoms with van der Waals surface area (Å²) >= 11 is 6.12. The standard InChI is InChI=1S/C13H19ClN2/c1-5-13(4,14)16-15-11(3)12-8-6-10(2)7-9-12/h6-9,11H,5H2,1-4H3/b16-15+. The summed E-state index contributed by atoms with van der Waals surface area (Å²) in [5, 5.41) is 8.42. The first kappa shape index (κ1) is 13.2. The number of halogens is 1. The van der Waals surface area contributed by atoms with Gasteiger partial charge in [0.2, 0.25) is 0 Å². The highest BCUT2D eigenvalue weighted by molar-refractivity contribution is 6.23. The summed E-state index contributed by atoms with van der Waals surface area (Å²) < 4.78 is 0. The third kappa shape index (κ3) is 3.93. The van der Waals surface area contributed by atoms with Gasteiger partial charge < -0.3 is 0 Å². The Balaban J connectivity index is 2.72. The summed E-state index contributed by atoms with van der Waals surface area (Å²) in [6.07, 6.45) is 0.776. The van der Waals surface area contributed by atoms with Crippen molar-refractivity contribution in [3.05, 3.63) is 35.4 Å². The van der Waals surface area contributed by atoms with Crippen LogP contribution in [0.4, 0.5) is 0 Å². The van der Waals surface area contributed by atoms with Gasteiger partial charge in [-0.2, -0.15) is 10.2 Å². The molecular formula is C13H19ClN2. The molecule has 1 rings (SSSR count). The molecule has 88 valence electrons. The lowest BCUT2D eigenvalue weighted by Gasteiger charge is -2.13. The molecule has 2 unspecified atom stereocenters. The molecule has 0 N–H and O–H groups in total. The van der Waals surface area contributed by atoms with Gasteiger partial charge in [0.05, 0.1) is 6.04 Å². The number of rotatable bonds is 4. The summed E-state index contributed by atoms with van der Waals surface area (Å²) in [5.74, 6) is 0. The molecule has 16 heavy (non-hydrogen) atoms. The van der Waals surface area contributed by atoms with Crippen molar-refractivity contribution in [2.24, 2.45) is 10.2 Å². The molecule has 0 saturated carbocycles. The quantitative estimate of drug-likeness (QED) is 0.406. The van der Waals surface area contributed by atoms with Crippen LogP contribution < -0.4 is 0 Å². The number of hydrogen-bond donors (Lipinski definition) is 0. The molecule has 0 fully saturated rings. The summed E-state index contributed by atoms with van der Waals surface area (Å²) in [5.41, 5.74) is 2.42. The van der Waals surface area contributed by atoms with Gasteiger partial charge in [0.1, 0.15) is 0 Å². The van der Waals surface area contributed by atoms with Crippen LogP contribution in [0.5, 0.6) is 0 Å². The van der Waals surface area contributed by atoms with Gasteiger partial charge in [0.15, 0.2) is 5.00 Å². The smallest absolute Gasteiger partial charge is 0.151 e. The molecule has 2 atom stereocenters. The first-order valence-corrected chi connectivity index (χ1v) is 6.00. The summed E-state index contributed by atoms with van der Waals surface area (Å²) in [6.45, 7) is 7.97. The van der Waals surface area contributed by atoms with Crippen LogP contribution in [0.15, 0.2) is 34.5 Å². The maximum absolute atomic E-state index is 6.12. The molecule has 1 aromatic carbocycles. The molecule has 2 nitrogen and oxygen atoms in total. The number of hydrogen-bond acceptors (Lipinski definition) is 2. The van der Waals surface area contributed by atoms with E-state index in [9.17, 15) is 0 Å². The Kier molecular flexibility index (Phi) is 4.48. The van der Waals surface area contributed by atoms with Gasteiger partial charge >= 0.3 is 0 Å². The predicted molar refractivity (Wildman–Crippen MR) is 69.0 cm³/mol. The average Bonchev–Trinajstić information content (AvgIpc) is 2.27. The molecule has 0 saturated heterocycles. The maximum Gasteiger partial charge on any atom is 0.151 e. The fourth-order valence-corrected chi connectivity index (χ4v) is 1.23. The Labute approximate surface area is 103 Å². The fraction of sp³-hybridized carbons (Fsp3) is 0.538. The first-order valence-electron chi connectivity index (χ1n) is 5.62. The summed E-state index contributed by atoms with van der Waals surface area (Å²) in [6, 6.07) is 8.39. The minimum atomic E-state index is -0.570. The lowest BCUT2D eigenvalue weighted by Crippen LogP contribution is -2.09. The van der Waals surface area contributed by atoms with Gasteiger partial charge in [-0.15, -0.1) is 0 Å². The van der Waals surface area contributed by atoms with Crippen molar-refractivity contribution in [3.8, 4) is 0 Å². The normalized spacial score (nSPS) is 17.3. The minimum absolute atomic E-state index is 0.0604. The second-order valence-corrected chi connectivity index (χ2v) is 5.11. The first-order chi connectivity index (χ1) is 7.44. The lowest BCUT2D eigenvalue weighted by molar-refractivity contribution is 0.568. The lowest BCUT2D eigenvalue weighted by atomic mass is 10.1. The van der Waals surface area contributed by atoms with Gasteiger partial charge in [-0.05, 0) is 32.8 Å². The van der Waals surface area contributed by atoms with E-state index in [1.807, 2.05) is 20.8 Å². The van der Waals surface area contributed by atoms with Crippen LogP contribution in [0, 0.1) is 6.92 Å². The van der Waals surface area contributed by atoms with Crippen LogP contribution in [0.2, 0.25) is 0 Å². The molecule has 0 bridgehead atoms. The predicted octanol–water partition coefficient (Wildman–Crippen LogP) is 4.87. The van der Waals surface area contributed by atoms with E-state index >= 15 is 0 Å². The molecule has 0 aliphatic heterocycles. The third-order valence-corrected chi connectivity index (χ3v) is 2.99. The Morgan fingerprint density at radius 1 is 1.31 bits per heavy atom. The van der Waals surface area contributed by atoms with Gasteiger partial charge in [0, 0.05) is 0 Å².